The minimum absolute atomic E-state index is 0.00426. The lowest BCUT2D eigenvalue weighted by molar-refractivity contribution is 0.0686. The predicted molar refractivity (Wildman–Crippen MR) is 68.0 cm³/mol. The molecule has 0 saturated heterocycles. The Bertz CT molecular complexity index is 281. The molecule has 0 aliphatic carbocycles. The lowest BCUT2D eigenvalue weighted by atomic mass is 10.1. The van der Waals surface area contributed by atoms with E-state index in [1.165, 1.54) is 28.8 Å². The largest absolute Gasteiger partial charge is 0.302 e. The molecule has 0 spiro atoms. The van der Waals surface area contributed by atoms with Gasteiger partial charge in [0.25, 0.3) is 0 Å². The zero-order chi connectivity index (χ0) is 11.1. The molecule has 0 fully saturated rings. The van der Waals surface area contributed by atoms with Crippen molar-refractivity contribution in [1.82, 2.24) is 5.48 Å². The van der Waals surface area contributed by atoms with Crippen LogP contribution in [0.15, 0.2) is 18.2 Å². The van der Waals surface area contributed by atoms with Gasteiger partial charge in [0.1, 0.15) is 0 Å². The fourth-order valence-corrected chi connectivity index (χ4v) is 3.11. The first-order valence-corrected chi connectivity index (χ1v) is 7.58. The molecule has 0 radical (unpaired) electrons. The summed E-state index contributed by atoms with van der Waals surface area (Å²) < 4.78 is 0. The Kier molecular flexibility index (Phi) is 5.61. The second-order valence-electron chi connectivity index (χ2n) is 4.01. The molecule has 3 heteroatoms. The molecule has 84 valence electrons. The molecule has 0 aromatic heterocycles. The van der Waals surface area contributed by atoms with Gasteiger partial charge in [0.05, 0.1) is 6.61 Å². The van der Waals surface area contributed by atoms with Gasteiger partial charge in [0.2, 0.25) is 0 Å². The van der Waals surface area contributed by atoms with Crippen LogP contribution >= 0.6 is 0 Å². The van der Waals surface area contributed by atoms with Crippen LogP contribution < -0.4 is 5.48 Å². The summed E-state index contributed by atoms with van der Waals surface area (Å²) in [4.78, 5) is 5.10. The van der Waals surface area contributed by atoms with Gasteiger partial charge in [-0.15, -0.1) is 0 Å². The Balaban J connectivity index is 2.31. The normalized spacial score (nSPS) is 11.4. The van der Waals surface area contributed by atoms with Gasteiger partial charge in [0.15, 0.2) is 0 Å². The van der Waals surface area contributed by atoms with Crippen molar-refractivity contribution in [2.45, 2.75) is 25.9 Å². The van der Waals surface area contributed by atoms with Crippen LogP contribution in [0.3, 0.4) is 0 Å². The third-order valence-corrected chi connectivity index (χ3v) is 4.11. The number of hydrogen-bond acceptors (Lipinski definition) is 2. The average molecular weight is 223 g/mol. The molecule has 2 nitrogen and oxygen atoms in total. The maximum absolute atomic E-state index is 5.10. The summed E-state index contributed by atoms with van der Waals surface area (Å²) in [5.74, 6) is 0. The first-order chi connectivity index (χ1) is 7.22. The van der Waals surface area contributed by atoms with E-state index in [1.54, 1.807) is 0 Å². The maximum Gasteiger partial charge on any atom is 0.0653 e. The van der Waals surface area contributed by atoms with Crippen molar-refractivity contribution in [1.29, 1.82) is 0 Å². The van der Waals surface area contributed by atoms with E-state index in [0.717, 1.165) is 6.61 Å². The molecule has 0 atom stereocenters. The quantitative estimate of drug-likeness (QED) is 0.449. The van der Waals surface area contributed by atoms with Crippen molar-refractivity contribution < 1.29 is 4.84 Å². The summed E-state index contributed by atoms with van der Waals surface area (Å²) in [5, 5.41) is 0. The molecular formula is C12H21NOSi. The topological polar surface area (TPSA) is 21.3 Å². The molecule has 0 heterocycles. The highest BCUT2D eigenvalue weighted by molar-refractivity contribution is 6.34. The monoisotopic (exact) mass is 223 g/mol. The Morgan fingerprint density at radius 2 is 1.87 bits per heavy atom. The first kappa shape index (κ1) is 12.4. The van der Waals surface area contributed by atoms with Gasteiger partial charge in [-0.2, -0.15) is 0 Å². The van der Waals surface area contributed by atoms with Crippen LogP contribution in [0.4, 0.5) is 0 Å². The van der Waals surface area contributed by atoms with Gasteiger partial charge in [0, 0.05) is 16.6 Å². The average Bonchev–Trinajstić information content (AvgIpc) is 2.16. The Morgan fingerprint density at radius 1 is 1.20 bits per heavy atom. The predicted octanol–water partition coefficient (Wildman–Crippen LogP) is 1.54. The molecule has 15 heavy (non-hydrogen) atoms. The van der Waals surface area contributed by atoms with Crippen molar-refractivity contribution in [2.75, 3.05) is 13.7 Å². The van der Waals surface area contributed by atoms with Crippen LogP contribution in [0.5, 0.6) is 0 Å². The van der Waals surface area contributed by atoms with Crippen LogP contribution in [0.2, 0.25) is 6.04 Å². The van der Waals surface area contributed by atoms with Crippen molar-refractivity contribution in [2.24, 2.45) is 0 Å². The Hall–Kier alpha value is -0.643. The van der Waals surface area contributed by atoms with E-state index < -0.39 is 0 Å². The summed E-state index contributed by atoms with van der Waals surface area (Å²) in [6, 6.07) is 9.37. The Labute approximate surface area is 94.8 Å². The lowest BCUT2D eigenvalue weighted by Crippen LogP contribution is -2.10. The van der Waals surface area contributed by atoms with E-state index >= 15 is 0 Å². The minimum Gasteiger partial charge on any atom is -0.302 e. The van der Waals surface area contributed by atoms with Crippen molar-refractivity contribution in [3.63, 3.8) is 0 Å². The summed E-state index contributed by atoms with van der Waals surface area (Å²) in [7, 11) is 1.81. The summed E-state index contributed by atoms with van der Waals surface area (Å²) in [5.41, 5.74) is 6.97. The molecule has 1 aromatic rings. The Morgan fingerprint density at radius 3 is 2.47 bits per heavy atom. The third-order valence-electron chi connectivity index (χ3n) is 2.39. The zero-order valence-electron chi connectivity index (χ0n) is 9.97. The van der Waals surface area contributed by atoms with E-state index in [9.17, 15) is 0 Å². The molecule has 1 aromatic carbocycles. The van der Waals surface area contributed by atoms with E-state index in [1.807, 2.05) is 7.05 Å². The molecule has 1 rings (SSSR count). The van der Waals surface area contributed by atoms with E-state index in [4.69, 9.17) is 4.84 Å². The molecule has 0 aliphatic rings. The van der Waals surface area contributed by atoms with Gasteiger partial charge < -0.3 is 4.84 Å². The molecule has 0 bridgehead atoms. The van der Waals surface area contributed by atoms with Crippen molar-refractivity contribution >= 4 is 9.52 Å². The first-order valence-electron chi connectivity index (χ1n) is 5.58. The molecular weight excluding hydrogens is 202 g/mol. The maximum atomic E-state index is 5.10. The molecule has 1 N–H and O–H groups in total. The summed E-state index contributed by atoms with van der Waals surface area (Å²) in [6.07, 6.45) is 0. The molecule has 0 amide bonds. The zero-order valence-corrected chi connectivity index (χ0v) is 11.4. The van der Waals surface area contributed by atoms with Crippen LogP contribution in [0, 0.1) is 13.8 Å². The van der Waals surface area contributed by atoms with Gasteiger partial charge in [-0.3, -0.25) is 0 Å². The van der Waals surface area contributed by atoms with Gasteiger partial charge >= 0.3 is 0 Å². The van der Waals surface area contributed by atoms with Gasteiger partial charge in [-0.1, -0.05) is 34.9 Å². The SMILES string of the molecule is CNOCC[SiH2]Cc1cc(C)cc(C)c1. The fourth-order valence-electron chi connectivity index (χ4n) is 1.82. The molecule has 0 unspecified atom stereocenters. The van der Waals surface area contributed by atoms with Crippen LogP contribution in [0.25, 0.3) is 0 Å². The number of rotatable bonds is 6. The standard InChI is InChI=1S/C12H21NOSi/c1-10-6-11(2)8-12(7-10)9-15-5-4-14-13-3/h6-8,13H,4-5,9,15H2,1-3H3. The number of hydroxylamine groups is 1. The number of benzene rings is 1. The highest BCUT2D eigenvalue weighted by Gasteiger charge is 1.97. The van der Waals surface area contributed by atoms with E-state index in [2.05, 4.69) is 37.5 Å². The van der Waals surface area contributed by atoms with Crippen LogP contribution in [-0.2, 0) is 10.9 Å². The second kappa shape index (κ2) is 6.77. The smallest absolute Gasteiger partial charge is 0.0653 e. The lowest BCUT2D eigenvalue weighted by Gasteiger charge is -2.04. The number of nitrogens with one attached hydrogen (secondary N) is 1. The number of aryl methyl sites for hydroxylation is 2. The summed E-state index contributed by atoms with van der Waals surface area (Å²) in [6.45, 7) is 5.19. The van der Waals surface area contributed by atoms with E-state index in [0.29, 0.717) is 0 Å². The second-order valence-corrected chi connectivity index (χ2v) is 5.92. The van der Waals surface area contributed by atoms with Crippen molar-refractivity contribution in [3.05, 3.63) is 34.9 Å². The van der Waals surface area contributed by atoms with Crippen LogP contribution in [0.1, 0.15) is 16.7 Å². The fraction of sp³-hybridized carbons (Fsp3) is 0.500. The number of hydrogen-bond donors (Lipinski definition) is 1. The summed E-state index contributed by atoms with van der Waals surface area (Å²) >= 11 is 0. The van der Waals surface area contributed by atoms with Crippen molar-refractivity contribution in [3.8, 4) is 0 Å². The highest BCUT2D eigenvalue weighted by atomic mass is 28.2. The minimum atomic E-state index is -0.00426. The highest BCUT2D eigenvalue weighted by Crippen LogP contribution is 2.09. The van der Waals surface area contributed by atoms with Crippen LogP contribution in [-0.4, -0.2) is 23.2 Å². The van der Waals surface area contributed by atoms with E-state index in [-0.39, 0.29) is 9.52 Å². The molecule has 0 saturated carbocycles. The molecule has 0 aliphatic heterocycles. The van der Waals surface area contributed by atoms with Gasteiger partial charge in [-0.25, -0.2) is 5.48 Å². The van der Waals surface area contributed by atoms with Gasteiger partial charge in [-0.05, 0) is 25.9 Å². The third kappa shape index (κ3) is 5.11.